The number of hydrogen-bond donors (Lipinski definition) is 1. The molecule has 0 aliphatic rings. The van der Waals surface area contributed by atoms with Crippen LogP contribution in [0.4, 0.5) is 5.69 Å². The van der Waals surface area contributed by atoms with Crippen molar-refractivity contribution < 1.29 is 0 Å². The first-order valence-corrected chi connectivity index (χ1v) is 7.52. The highest BCUT2D eigenvalue weighted by Crippen LogP contribution is 2.32. The molecule has 0 aliphatic carbocycles. The summed E-state index contributed by atoms with van der Waals surface area (Å²) in [7, 11) is 0. The van der Waals surface area contributed by atoms with Crippen LogP contribution in [0.3, 0.4) is 0 Å². The van der Waals surface area contributed by atoms with Crippen LogP contribution in [-0.2, 0) is 5.75 Å². The van der Waals surface area contributed by atoms with Gasteiger partial charge in [-0.3, -0.25) is 0 Å². The lowest BCUT2D eigenvalue weighted by Gasteiger charge is -2.07. The maximum absolute atomic E-state index is 5.84. The van der Waals surface area contributed by atoms with Crippen LogP contribution in [0.15, 0.2) is 50.5 Å². The van der Waals surface area contributed by atoms with Crippen LogP contribution in [0.2, 0.25) is 0 Å². The fourth-order valence-corrected chi connectivity index (χ4v) is 3.40. The maximum atomic E-state index is 5.84. The van der Waals surface area contributed by atoms with Crippen LogP contribution in [0.1, 0.15) is 5.56 Å². The Kier molecular flexibility index (Phi) is 4.48. The van der Waals surface area contributed by atoms with Gasteiger partial charge in [-0.2, -0.15) is 0 Å². The van der Waals surface area contributed by atoms with Crippen molar-refractivity contribution in [3.8, 4) is 0 Å². The molecular formula is C12H10Br2N2S. The lowest BCUT2D eigenvalue weighted by Crippen LogP contribution is -1.91. The Hall–Kier alpha value is -0.520. The van der Waals surface area contributed by atoms with E-state index in [0.717, 1.165) is 25.4 Å². The van der Waals surface area contributed by atoms with Gasteiger partial charge >= 0.3 is 0 Å². The van der Waals surface area contributed by atoms with Crippen molar-refractivity contribution >= 4 is 49.3 Å². The maximum Gasteiger partial charge on any atom is 0.110 e. The molecule has 2 nitrogen and oxygen atoms in total. The van der Waals surface area contributed by atoms with E-state index in [9.17, 15) is 0 Å². The van der Waals surface area contributed by atoms with Crippen molar-refractivity contribution in [2.75, 3.05) is 5.73 Å². The first-order chi connectivity index (χ1) is 8.18. The van der Waals surface area contributed by atoms with Crippen molar-refractivity contribution in [1.82, 2.24) is 4.98 Å². The predicted octanol–water partition coefficient (Wildman–Crippen LogP) is 4.48. The molecular weight excluding hydrogens is 364 g/mol. The molecule has 88 valence electrons. The summed E-state index contributed by atoms with van der Waals surface area (Å²) in [4.78, 5) is 4.31. The monoisotopic (exact) mass is 372 g/mol. The fourth-order valence-electron chi connectivity index (χ4n) is 1.33. The number of nitrogens with two attached hydrogens (primary N) is 1. The smallest absolute Gasteiger partial charge is 0.110 e. The summed E-state index contributed by atoms with van der Waals surface area (Å²) >= 11 is 8.66. The van der Waals surface area contributed by atoms with Gasteiger partial charge < -0.3 is 5.73 Å². The average molecular weight is 374 g/mol. The third-order valence-corrected chi connectivity index (χ3v) is 5.12. The lowest BCUT2D eigenvalue weighted by molar-refractivity contribution is 1.11. The molecule has 0 saturated heterocycles. The molecule has 0 fully saturated rings. The highest BCUT2D eigenvalue weighted by molar-refractivity contribution is 9.11. The minimum absolute atomic E-state index is 0.767. The number of nitrogens with zero attached hydrogens (tertiary/aromatic N) is 1. The topological polar surface area (TPSA) is 38.9 Å². The molecule has 0 aliphatic heterocycles. The third kappa shape index (κ3) is 3.24. The SMILES string of the molecule is Nc1cccc(CSc2ncccc2Br)c1Br. The molecule has 0 unspecified atom stereocenters. The Morgan fingerprint density at radius 2 is 2.00 bits per heavy atom. The molecule has 2 rings (SSSR count). The summed E-state index contributed by atoms with van der Waals surface area (Å²) in [6.07, 6.45) is 1.79. The molecule has 2 aromatic rings. The summed E-state index contributed by atoms with van der Waals surface area (Å²) in [5.74, 6) is 0.835. The van der Waals surface area contributed by atoms with Gasteiger partial charge in [-0.05, 0) is 55.6 Å². The average Bonchev–Trinajstić information content (AvgIpc) is 2.33. The standard InChI is InChI=1S/C12H10Br2N2S/c13-9-4-2-6-16-12(9)17-7-8-3-1-5-10(15)11(8)14/h1-6H,7,15H2. The van der Waals surface area contributed by atoms with Crippen LogP contribution < -0.4 is 5.73 Å². The van der Waals surface area contributed by atoms with E-state index in [1.54, 1.807) is 18.0 Å². The zero-order valence-electron chi connectivity index (χ0n) is 8.86. The number of halogens is 2. The summed E-state index contributed by atoms with van der Waals surface area (Å²) in [5, 5.41) is 0.988. The second-order valence-corrected chi connectivity index (χ2v) is 6.01. The number of aromatic nitrogens is 1. The molecule has 2 N–H and O–H groups in total. The van der Waals surface area contributed by atoms with Crippen LogP contribution in [0.5, 0.6) is 0 Å². The summed E-state index contributed by atoms with van der Waals surface area (Å²) in [6.45, 7) is 0. The first-order valence-electron chi connectivity index (χ1n) is 4.94. The van der Waals surface area contributed by atoms with Crippen LogP contribution in [-0.4, -0.2) is 4.98 Å². The summed E-state index contributed by atoms with van der Waals surface area (Å²) in [5.41, 5.74) is 7.78. The molecule has 1 aromatic heterocycles. The molecule has 0 atom stereocenters. The minimum Gasteiger partial charge on any atom is -0.398 e. The quantitative estimate of drug-likeness (QED) is 0.636. The van der Waals surface area contributed by atoms with E-state index in [2.05, 4.69) is 42.9 Å². The molecule has 0 saturated carbocycles. The van der Waals surface area contributed by atoms with Crippen molar-refractivity contribution in [3.63, 3.8) is 0 Å². The Morgan fingerprint density at radius 1 is 1.18 bits per heavy atom. The Labute approximate surface area is 121 Å². The van der Waals surface area contributed by atoms with Gasteiger partial charge in [0.1, 0.15) is 5.03 Å². The van der Waals surface area contributed by atoms with Crippen molar-refractivity contribution in [3.05, 3.63) is 51.0 Å². The van der Waals surface area contributed by atoms with E-state index in [4.69, 9.17) is 5.73 Å². The number of rotatable bonds is 3. The highest BCUT2D eigenvalue weighted by Gasteiger charge is 2.06. The first kappa shape index (κ1) is 12.9. The summed E-state index contributed by atoms with van der Waals surface area (Å²) < 4.78 is 1.99. The van der Waals surface area contributed by atoms with Crippen molar-refractivity contribution in [2.45, 2.75) is 10.8 Å². The van der Waals surface area contributed by atoms with E-state index < -0.39 is 0 Å². The minimum atomic E-state index is 0.767. The second-order valence-electron chi connectivity index (χ2n) is 3.40. The van der Waals surface area contributed by atoms with Gasteiger partial charge in [0, 0.05) is 26.6 Å². The van der Waals surface area contributed by atoms with Crippen LogP contribution in [0, 0.1) is 0 Å². The molecule has 0 amide bonds. The van der Waals surface area contributed by atoms with Gasteiger partial charge in [-0.1, -0.05) is 12.1 Å². The van der Waals surface area contributed by atoms with Gasteiger partial charge in [0.25, 0.3) is 0 Å². The van der Waals surface area contributed by atoms with Gasteiger partial charge in [0.15, 0.2) is 0 Å². The normalized spacial score (nSPS) is 10.5. The zero-order chi connectivity index (χ0) is 12.3. The second kappa shape index (κ2) is 5.89. The predicted molar refractivity (Wildman–Crippen MR) is 80.1 cm³/mol. The Morgan fingerprint density at radius 3 is 2.76 bits per heavy atom. The van der Waals surface area contributed by atoms with E-state index in [1.807, 2.05) is 24.3 Å². The molecule has 17 heavy (non-hydrogen) atoms. The number of hydrogen-bond acceptors (Lipinski definition) is 3. The van der Waals surface area contributed by atoms with Crippen LogP contribution in [0.25, 0.3) is 0 Å². The summed E-state index contributed by atoms with van der Waals surface area (Å²) in [6, 6.07) is 9.80. The highest BCUT2D eigenvalue weighted by atomic mass is 79.9. The largest absolute Gasteiger partial charge is 0.398 e. The number of benzene rings is 1. The third-order valence-electron chi connectivity index (χ3n) is 2.20. The Balaban J connectivity index is 2.13. The molecule has 1 heterocycles. The number of pyridine rings is 1. The molecule has 0 radical (unpaired) electrons. The molecule has 0 spiro atoms. The van der Waals surface area contributed by atoms with E-state index in [1.165, 1.54) is 5.56 Å². The van der Waals surface area contributed by atoms with Gasteiger partial charge in [0.05, 0.1) is 0 Å². The lowest BCUT2D eigenvalue weighted by atomic mass is 10.2. The van der Waals surface area contributed by atoms with Gasteiger partial charge in [-0.15, -0.1) is 11.8 Å². The Bertz CT molecular complexity index is 532. The molecule has 0 bridgehead atoms. The fraction of sp³-hybridized carbons (Fsp3) is 0.0833. The number of anilines is 1. The van der Waals surface area contributed by atoms with E-state index in [0.29, 0.717) is 0 Å². The van der Waals surface area contributed by atoms with E-state index in [-0.39, 0.29) is 0 Å². The number of thioether (sulfide) groups is 1. The van der Waals surface area contributed by atoms with Crippen molar-refractivity contribution in [1.29, 1.82) is 0 Å². The zero-order valence-corrected chi connectivity index (χ0v) is 12.8. The molecule has 5 heteroatoms. The van der Waals surface area contributed by atoms with Crippen LogP contribution >= 0.6 is 43.6 Å². The van der Waals surface area contributed by atoms with E-state index >= 15 is 0 Å². The van der Waals surface area contributed by atoms with Gasteiger partial charge in [0.2, 0.25) is 0 Å². The van der Waals surface area contributed by atoms with Gasteiger partial charge in [-0.25, -0.2) is 4.98 Å². The van der Waals surface area contributed by atoms with Crippen molar-refractivity contribution in [2.24, 2.45) is 0 Å². The number of nitrogen functional groups attached to an aromatic ring is 1. The molecule has 1 aromatic carbocycles.